The lowest BCUT2D eigenvalue weighted by atomic mass is 10.1. The minimum absolute atomic E-state index is 0.00637. The summed E-state index contributed by atoms with van der Waals surface area (Å²) in [5.41, 5.74) is 0.991. The second-order valence-corrected chi connectivity index (χ2v) is 15.4. The maximum absolute atomic E-state index is 10.0. The van der Waals surface area contributed by atoms with Crippen molar-refractivity contribution in [3.63, 3.8) is 0 Å². The quantitative estimate of drug-likeness (QED) is 0.309. The number of aromatic hydroxyl groups is 1. The molecule has 1 heterocycles. The molecule has 4 nitrogen and oxygen atoms in total. The third-order valence-corrected chi connectivity index (χ3v) is 13.0. The van der Waals surface area contributed by atoms with Crippen molar-refractivity contribution in [1.82, 2.24) is 9.97 Å². The number of rotatable bonds is 6. The fourth-order valence-electron chi connectivity index (χ4n) is 5.96. The Hall–Kier alpha value is -2.15. The first-order valence-corrected chi connectivity index (χ1v) is 14.9. The third-order valence-electron chi connectivity index (χ3n) is 7.40. The lowest BCUT2D eigenvalue weighted by Crippen LogP contribution is -2.67. The van der Waals surface area contributed by atoms with Gasteiger partial charge in [-0.2, -0.15) is 4.98 Å². The van der Waals surface area contributed by atoms with E-state index in [2.05, 4.69) is 86.4 Å². The Kier molecular flexibility index (Phi) is 5.87. The predicted molar refractivity (Wildman–Crippen MR) is 137 cm³/mol. The molecular weight excluding hydrogens is 444 g/mol. The highest BCUT2D eigenvalue weighted by Gasteiger charge is 2.60. The summed E-state index contributed by atoms with van der Waals surface area (Å²) in [6.07, 6.45) is 4.30. The topological polar surface area (TPSA) is 55.2 Å². The van der Waals surface area contributed by atoms with E-state index in [1.54, 1.807) is 6.07 Å². The van der Waals surface area contributed by atoms with E-state index in [4.69, 9.17) is 9.41 Å². The highest BCUT2D eigenvalue weighted by molar-refractivity contribution is 7.98. The van der Waals surface area contributed by atoms with E-state index in [-0.39, 0.29) is 17.0 Å². The smallest absolute Gasteiger partial charge is 0.261 e. The van der Waals surface area contributed by atoms with Crippen molar-refractivity contribution in [2.75, 3.05) is 6.26 Å². The van der Waals surface area contributed by atoms with Crippen LogP contribution in [0.5, 0.6) is 5.88 Å². The molecule has 5 rings (SSSR count). The van der Waals surface area contributed by atoms with Crippen molar-refractivity contribution in [3.8, 4) is 5.88 Å². The van der Waals surface area contributed by atoms with Gasteiger partial charge in [0, 0.05) is 18.1 Å². The highest BCUT2D eigenvalue weighted by Crippen LogP contribution is 2.64. The lowest BCUT2D eigenvalue weighted by molar-refractivity contribution is 0.177. The number of aromatic nitrogens is 2. The van der Waals surface area contributed by atoms with E-state index >= 15 is 0 Å². The molecule has 2 unspecified atom stereocenters. The molecule has 1 N–H and O–H groups in total. The Morgan fingerprint density at radius 1 is 0.909 bits per heavy atom. The van der Waals surface area contributed by atoms with Crippen molar-refractivity contribution < 1.29 is 9.53 Å². The average molecular weight is 477 g/mol. The van der Waals surface area contributed by atoms with Gasteiger partial charge in [0.25, 0.3) is 8.32 Å². The molecule has 0 saturated heterocycles. The zero-order valence-corrected chi connectivity index (χ0v) is 21.5. The molecule has 6 heteroatoms. The molecule has 3 aromatic rings. The summed E-state index contributed by atoms with van der Waals surface area (Å²) in [6, 6.07) is 23.5. The van der Waals surface area contributed by atoms with Gasteiger partial charge in [0.1, 0.15) is 0 Å². The van der Waals surface area contributed by atoms with Gasteiger partial charge in [0.2, 0.25) is 5.88 Å². The molecule has 0 spiro atoms. The van der Waals surface area contributed by atoms with E-state index < -0.39 is 8.32 Å². The molecule has 0 aliphatic heterocycles. The van der Waals surface area contributed by atoms with Crippen LogP contribution in [0.3, 0.4) is 0 Å². The van der Waals surface area contributed by atoms with E-state index in [0.717, 1.165) is 18.5 Å². The van der Waals surface area contributed by atoms with Crippen LogP contribution in [-0.4, -0.2) is 35.8 Å². The molecule has 2 aliphatic carbocycles. The fourth-order valence-corrected chi connectivity index (χ4v) is 11.0. The SMILES string of the molecule is CSc1nc(O)cc(C2C3CC(O[Si](c4ccccc4)(c4ccccc4)C(C)(C)C)CC32)n1. The molecule has 0 radical (unpaired) electrons. The molecular formula is C27H32N2O2SSi. The van der Waals surface area contributed by atoms with Gasteiger partial charge in [-0.25, -0.2) is 4.98 Å². The van der Waals surface area contributed by atoms with Crippen LogP contribution >= 0.6 is 11.8 Å². The monoisotopic (exact) mass is 476 g/mol. The maximum Gasteiger partial charge on any atom is 0.261 e. The van der Waals surface area contributed by atoms with Gasteiger partial charge in [-0.1, -0.05) is 93.2 Å². The number of benzene rings is 2. The van der Waals surface area contributed by atoms with Crippen LogP contribution in [0.1, 0.15) is 45.2 Å². The summed E-state index contributed by atoms with van der Waals surface area (Å²) < 4.78 is 7.34. The van der Waals surface area contributed by atoms with Crippen LogP contribution < -0.4 is 10.4 Å². The number of hydrogen-bond donors (Lipinski definition) is 1. The minimum atomic E-state index is -2.52. The summed E-state index contributed by atoms with van der Waals surface area (Å²) in [5, 5.41) is 13.3. The molecule has 0 amide bonds. The first-order chi connectivity index (χ1) is 15.8. The first kappa shape index (κ1) is 22.6. The van der Waals surface area contributed by atoms with Crippen molar-refractivity contribution in [1.29, 1.82) is 0 Å². The normalized spacial score (nSPS) is 24.5. The molecule has 0 bridgehead atoms. The Labute approximate surface area is 202 Å². The molecule has 1 aromatic heterocycles. The summed E-state index contributed by atoms with van der Waals surface area (Å²) in [4.78, 5) is 8.79. The Morgan fingerprint density at radius 3 is 1.94 bits per heavy atom. The zero-order chi connectivity index (χ0) is 23.2. The van der Waals surface area contributed by atoms with E-state index in [0.29, 0.717) is 22.9 Å². The minimum Gasteiger partial charge on any atom is -0.493 e. The predicted octanol–water partition coefficient (Wildman–Crippen LogP) is 4.97. The number of thioether (sulfide) groups is 1. The van der Waals surface area contributed by atoms with E-state index in [1.165, 1.54) is 22.1 Å². The van der Waals surface area contributed by atoms with E-state index in [9.17, 15) is 5.11 Å². The fraction of sp³-hybridized carbons (Fsp3) is 0.407. The molecule has 2 aliphatic rings. The van der Waals surface area contributed by atoms with Crippen molar-refractivity contribution in [2.45, 2.75) is 55.8 Å². The average Bonchev–Trinajstić information content (AvgIpc) is 3.32. The van der Waals surface area contributed by atoms with Gasteiger partial charge < -0.3 is 9.53 Å². The first-order valence-electron chi connectivity index (χ1n) is 11.7. The Balaban J connectivity index is 1.43. The van der Waals surface area contributed by atoms with Gasteiger partial charge in [0.15, 0.2) is 5.16 Å². The van der Waals surface area contributed by atoms with Crippen LogP contribution in [0.15, 0.2) is 71.9 Å². The van der Waals surface area contributed by atoms with Gasteiger partial charge in [-0.05, 0) is 46.3 Å². The summed E-state index contributed by atoms with van der Waals surface area (Å²) in [6.45, 7) is 7.02. The summed E-state index contributed by atoms with van der Waals surface area (Å²) in [7, 11) is -2.52. The zero-order valence-electron chi connectivity index (χ0n) is 19.7. The van der Waals surface area contributed by atoms with E-state index in [1.807, 2.05) is 6.26 Å². The van der Waals surface area contributed by atoms with Crippen molar-refractivity contribution >= 4 is 30.5 Å². The number of nitrogens with zero attached hydrogens (tertiary/aromatic N) is 2. The van der Waals surface area contributed by atoms with Gasteiger partial charge in [0.05, 0.1) is 5.69 Å². The van der Waals surface area contributed by atoms with Crippen molar-refractivity contribution in [3.05, 3.63) is 72.4 Å². The van der Waals surface area contributed by atoms with Gasteiger partial charge in [-0.3, -0.25) is 0 Å². The van der Waals surface area contributed by atoms with Crippen LogP contribution in [0.4, 0.5) is 0 Å². The van der Waals surface area contributed by atoms with Gasteiger partial charge in [-0.15, -0.1) is 0 Å². The van der Waals surface area contributed by atoms with Crippen LogP contribution in [0.25, 0.3) is 0 Å². The highest BCUT2D eigenvalue weighted by atomic mass is 32.2. The lowest BCUT2D eigenvalue weighted by Gasteiger charge is -2.45. The third kappa shape index (κ3) is 4.02. The second kappa shape index (κ2) is 8.57. The molecule has 172 valence electrons. The second-order valence-electron chi connectivity index (χ2n) is 10.4. The number of hydrogen-bond acceptors (Lipinski definition) is 5. The van der Waals surface area contributed by atoms with Crippen LogP contribution in [-0.2, 0) is 4.43 Å². The van der Waals surface area contributed by atoms with Crippen molar-refractivity contribution in [2.24, 2.45) is 11.8 Å². The Bertz CT molecular complexity index is 1070. The Morgan fingerprint density at radius 2 is 1.45 bits per heavy atom. The molecule has 2 fully saturated rings. The molecule has 2 aromatic carbocycles. The summed E-state index contributed by atoms with van der Waals surface area (Å²) in [5.74, 6) is 1.66. The van der Waals surface area contributed by atoms with Crippen LogP contribution in [0, 0.1) is 11.8 Å². The standard InChI is InChI=1S/C27H32N2O2SSi/c1-27(2,3)33(19-11-7-5-8-12-19,20-13-9-6-10-14-20)31-18-15-21-22(16-18)25(21)23-17-24(30)29-26(28-23)32-4/h5-14,17-18,21-22,25H,15-16H2,1-4H3,(H,28,29,30). The molecule has 2 atom stereocenters. The summed E-state index contributed by atoms with van der Waals surface area (Å²) >= 11 is 1.48. The maximum atomic E-state index is 10.0. The molecule has 33 heavy (non-hydrogen) atoms. The van der Waals surface area contributed by atoms with Crippen LogP contribution in [0.2, 0.25) is 5.04 Å². The largest absolute Gasteiger partial charge is 0.493 e. The molecule has 2 saturated carbocycles. The van der Waals surface area contributed by atoms with Gasteiger partial charge >= 0.3 is 0 Å². The number of fused-ring (bicyclic) bond motifs is 1.